The Hall–Kier alpha value is -2.00. The summed E-state index contributed by atoms with van der Waals surface area (Å²) >= 11 is 1.06. The summed E-state index contributed by atoms with van der Waals surface area (Å²) in [6.07, 6.45) is 0. The summed E-state index contributed by atoms with van der Waals surface area (Å²) in [6, 6.07) is 4.58. The molecular formula is C11H10N2O3S. The van der Waals surface area contributed by atoms with Gasteiger partial charge >= 0.3 is 5.69 Å². The zero-order valence-electron chi connectivity index (χ0n) is 9.10. The topological polar surface area (TPSA) is 86.2 Å². The van der Waals surface area contributed by atoms with E-state index in [0.717, 1.165) is 11.8 Å². The molecule has 0 saturated heterocycles. The first-order chi connectivity index (χ1) is 8.02. The summed E-state index contributed by atoms with van der Waals surface area (Å²) in [7, 11) is 0. The van der Waals surface area contributed by atoms with E-state index in [-0.39, 0.29) is 22.1 Å². The van der Waals surface area contributed by atoms with Crippen LogP contribution in [-0.4, -0.2) is 15.8 Å². The lowest BCUT2D eigenvalue weighted by Gasteiger charge is -1.98. The van der Waals surface area contributed by atoms with Gasteiger partial charge in [0.15, 0.2) is 5.12 Å². The minimum atomic E-state index is -0.558. The number of nitrogens with zero attached hydrogens (tertiary/aromatic N) is 1. The first-order valence-electron chi connectivity index (χ1n) is 4.67. The molecule has 0 bridgehead atoms. The maximum Gasteiger partial charge on any atom is 0.307 e. The van der Waals surface area contributed by atoms with Crippen molar-refractivity contribution in [2.24, 2.45) is 0 Å². The summed E-state index contributed by atoms with van der Waals surface area (Å²) in [5, 5.41) is 10.7. The van der Waals surface area contributed by atoms with Gasteiger partial charge in [-0.15, -0.1) is 0 Å². The molecule has 0 aliphatic rings. The van der Waals surface area contributed by atoms with Crippen molar-refractivity contribution in [3.05, 3.63) is 33.9 Å². The Morgan fingerprint density at radius 2 is 2.29 bits per heavy atom. The van der Waals surface area contributed by atoms with Gasteiger partial charge in [-0.1, -0.05) is 29.7 Å². The molecule has 6 heteroatoms. The fraction of sp³-hybridized carbons (Fsp3) is 0.182. The third-order valence-electron chi connectivity index (χ3n) is 1.82. The van der Waals surface area contributed by atoms with Crippen molar-refractivity contribution in [1.82, 2.24) is 0 Å². The van der Waals surface area contributed by atoms with Crippen molar-refractivity contribution in [3.63, 3.8) is 0 Å². The van der Waals surface area contributed by atoms with Crippen LogP contribution in [0.25, 0.3) is 0 Å². The second-order valence-corrected chi connectivity index (χ2v) is 4.23. The van der Waals surface area contributed by atoms with Crippen LogP contribution < -0.4 is 5.73 Å². The Kier molecular flexibility index (Phi) is 4.55. The third kappa shape index (κ3) is 3.81. The van der Waals surface area contributed by atoms with Crippen LogP contribution in [0.5, 0.6) is 0 Å². The number of carbonyl (C=O) groups is 1. The Labute approximate surface area is 103 Å². The zero-order chi connectivity index (χ0) is 12.8. The molecule has 1 aromatic rings. The molecule has 5 nitrogen and oxygen atoms in total. The molecule has 1 aromatic carbocycles. The summed E-state index contributed by atoms with van der Waals surface area (Å²) in [5.74, 6) is 5.64. The van der Waals surface area contributed by atoms with Crippen LogP contribution in [0.1, 0.15) is 12.5 Å². The van der Waals surface area contributed by atoms with E-state index in [1.54, 1.807) is 6.07 Å². The first kappa shape index (κ1) is 13.1. The molecule has 0 radical (unpaired) electrons. The van der Waals surface area contributed by atoms with Gasteiger partial charge in [0.25, 0.3) is 0 Å². The number of benzene rings is 1. The summed E-state index contributed by atoms with van der Waals surface area (Å²) in [5.41, 5.74) is 5.67. The Morgan fingerprint density at radius 1 is 1.59 bits per heavy atom. The second kappa shape index (κ2) is 5.92. The number of nitro groups is 1. The number of hydrogen-bond acceptors (Lipinski definition) is 5. The van der Waals surface area contributed by atoms with Gasteiger partial charge in [-0.3, -0.25) is 14.9 Å². The number of thioether (sulfide) groups is 1. The maximum absolute atomic E-state index is 10.8. The highest BCUT2D eigenvalue weighted by Gasteiger charge is 2.15. The predicted molar refractivity (Wildman–Crippen MR) is 67.5 cm³/mol. The van der Waals surface area contributed by atoms with Crippen molar-refractivity contribution in [2.75, 3.05) is 11.5 Å². The standard InChI is InChI=1S/C11H10N2O3S/c1-8(14)17-7-3-5-9-4-2-6-10(12)11(9)13(15)16/h2,4,6H,7,12H2,1H3. The highest BCUT2D eigenvalue weighted by Crippen LogP contribution is 2.24. The van der Waals surface area contributed by atoms with Gasteiger partial charge in [0.05, 0.1) is 10.7 Å². The lowest BCUT2D eigenvalue weighted by atomic mass is 10.1. The number of nitro benzene ring substituents is 1. The third-order valence-corrected chi connectivity index (χ3v) is 2.52. The SMILES string of the molecule is CC(=O)SCC#Cc1cccc(N)c1[N+](=O)[O-]. The number of carbonyl (C=O) groups excluding carboxylic acids is 1. The minimum Gasteiger partial charge on any atom is -0.393 e. The van der Waals surface area contributed by atoms with E-state index in [0.29, 0.717) is 5.75 Å². The summed E-state index contributed by atoms with van der Waals surface area (Å²) < 4.78 is 0. The van der Waals surface area contributed by atoms with Gasteiger partial charge in [0.1, 0.15) is 11.3 Å². The number of nitrogens with two attached hydrogens (primary N) is 1. The van der Waals surface area contributed by atoms with Crippen molar-refractivity contribution in [3.8, 4) is 11.8 Å². The monoisotopic (exact) mass is 250 g/mol. The molecule has 0 heterocycles. The van der Waals surface area contributed by atoms with Crippen LogP contribution >= 0.6 is 11.8 Å². The second-order valence-electron chi connectivity index (χ2n) is 3.08. The molecule has 0 spiro atoms. The quantitative estimate of drug-likeness (QED) is 0.374. The van der Waals surface area contributed by atoms with Gasteiger partial charge in [-0.2, -0.15) is 0 Å². The van der Waals surface area contributed by atoms with Crippen molar-refractivity contribution in [1.29, 1.82) is 0 Å². The van der Waals surface area contributed by atoms with Gasteiger partial charge in [0, 0.05) is 6.92 Å². The molecule has 0 saturated carbocycles. The highest BCUT2D eigenvalue weighted by molar-refractivity contribution is 8.13. The van der Waals surface area contributed by atoms with Crippen molar-refractivity contribution >= 4 is 28.3 Å². The largest absolute Gasteiger partial charge is 0.393 e. The van der Waals surface area contributed by atoms with Gasteiger partial charge in [0.2, 0.25) is 0 Å². The molecule has 0 amide bonds. The Bertz CT molecular complexity index is 517. The number of hydrogen-bond donors (Lipinski definition) is 1. The Balaban J connectivity index is 2.94. The Morgan fingerprint density at radius 3 is 2.88 bits per heavy atom. The number of anilines is 1. The normalized spacial score (nSPS) is 9.24. The molecule has 0 aliphatic heterocycles. The average molecular weight is 250 g/mol. The lowest BCUT2D eigenvalue weighted by Crippen LogP contribution is -1.98. The van der Waals surface area contributed by atoms with E-state index in [2.05, 4.69) is 11.8 Å². The van der Waals surface area contributed by atoms with Crippen LogP contribution in [0.3, 0.4) is 0 Å². The van der Waals surface area contributed by atoms with Crippen LogP contribution in [0.15, 0.2) is 18.2 Å². The molecule has 0 atom stereocenters. The summed E-state index contributed by atoms with van der Waals surface area (Å²) in [6.45, 7) is 1.44. The molecule has 1 rings (SSSR count). The fourth-order valence-corrected chi connectivity index (χ4v) is 1.48. The minimum absolute atomic E-state index is 0.0404. The first-order valence-corrected chi connectivity index (χ1v) is 5.66. The fourth-order valence-electron chi connectivity index (χ4n) is 1.14. The van der Waals surface area contributed by atoms with Crippen LogP contribution in [-0.2, 0) is 4.79 Å². The van der Waals surface area contributed by atoms with Gasteiger partial charge < -0.3 is 5.73 Å². The molecule has 0 unspecified atom stereocenters. The average Bonchev–Trinajstić information content (AvgIpc) is 2.23. The van der Waals surface area contributed by atoms with E-state index < -0.39 is 4.92 Å². The molecule has 0 aromatic heterocycles. The lowest BCUT2D eigenvalue weighted by molar-refractivity contribution is -0.384. The van der Waals surface area contributed by atoms with E-state index in [4.69, 9.17) is 5.73 Å². The van der Waals surface area contributed by atoms with E-state index in [9.17, 15) is 14.9 Å². The summed E-state index contributed by atoms with van der Waals surface area (Å²) in [4.78, 5) is 20.9. The molecule has 2 N–H and O–H groups in total. The van der Waals surface area contributed by atoms with Crippen LogP contribution in [0.4, 0.5) is 11.4 Å². The maximum atomic E-state index is 10.8. The molecular weight excluding hydrogens is 240 g/mol. The van der Waals surface area contributed by atoms with Crippen LogP contribution in [0.2, 0.25) is 0 Å². The molecule has 0 fully saturated rings. The molecule has 17 heavy (non-hydrogen) atoms. The number of nitrogen functional groups attached to an aromatic ring is 1. The van der Waals surface area contributed by atoms with Crippen molar-refractivity contribution < 1.29 is 9.72 Å². The predicted octanol–water partition coefficient (Wildman–Crippen LogP) is 1.81. The highest BCUT2D eigenvalue weighted by atomic mass is 32.2. The van der Waals surface area contributed by atoms with E-state index in [1.807, 2.05) is 0 Å². The van der Waals surface area contributed by atoms with Gasteiger partial charge in [-0.25, -0.2) is 0 Å². The van der Waals surface area contributed by atoms with Crippen LogP contribution in [0, 0.1) is 22.0 Å². The molecule has 88 valence electrons. The zero-order valence-corrected chi connectivity index (χ0v) is 9.91. The molecule has 0 aliphatic carbocycles. The number of rotatable bonds is 2. The smallest absolute Gasteiger partial charge is 0.307 e. The van der Waals surface area contributed by atoms with Gasteiger partial charge in [-0.05, 0) is 12.1 Å². The number of para-hydroxylation sites is 1. The van der Waals surface area contributed by atoms with E-state index >= 15 is 0 Å². The van der Waals surface area contributed by atoms with Crippen molar-refractivity contribution in [2.45, 2.75) is 6.92 Å². The van der Waals surface area contributed by atoms with E-state index in [1.165, 1.54) is 19.1 Å².